The van der Waals surface area contributed by atoms with Crippen LogP contribution in [0.25, 0.3) is 0 Å². The predicted molar refractivity (Wildman–Crippen MR) is 91.1 cm³/mol. The van der Waals surface area contributed by atoms with Crippen LogP contribution in [0.4, 0.5) is 5.82 Å². The minimum Gasteiger partial charge on any atom is -0.480 e. The lowest BCUT2D eigenvalue weighted by molar-refractivity contribution is -0.143. The van der Waals surface area contributed by atoms with E-state index >= 15 is 0 Å². The van der Waals surface area contributed by atoms with Gasteiger partial charge in [-0.25, -0.2) is 4.98 Å². The number of hydrogen-bond acceptors (Lipinski definition) is 5. The Labute approximate surface area is 141 Å². The van der Waals surface area contributed by atoms with Gasteiger partial charge in [0.25, 0.3) is 0 Å². The highest BCUT2D eigenvalue weighted by Gasteiger charge is 2.34. The Morgan fingerprint density at radius 3 is 2.42 bits per heavy atom. The highest BCUT2D eigenvalue weighted by molar-refractivity contribution is 5.76. The molecule has 0 bridgehead atoms. The number of anilines is 1. The number of aromatic nitrogens is 3. The molecule has 7 heteroatoms. The number of carboxylic acid groups (broad SMARTS) is 1. The number of aliphatic carboxylic acids is 1. The molecule has 0 aliphatic carbocycles. The van der Waals surface area contributed by atoms with Gasteiger partial charge in [0.2, 0.25) is 0 Å². The largest absolute Gasteiger partial charge is 0.480 e. The first-order chi connectivity index (χ1) is 11.5. The summed E-state index contributed by atoms with van der Waals surface area (Å²) in [7, 11) is 1.85. The third-order valence-corrected chi connectivity index (χ3v) is 4.73. The zero-order valence-corrected chi connectivity index (χ0v) is 14.3. The lowest BCUT2D eigenvalue weighted by Gasteiger charge is -2.38. The van der Waals surface area contributed by atoms with Crippen LogP contribution in [-0.2, 0) is 11.8 Å². The standard InChI is InChI=1S/C17H23N5O2/c1-12-15(13(2)20(3)19-12)16(17(23)24)22-10-8-21(9-11-22)14-6-4-5-7-18-14/h4-7,16H,8-11H2,1-3H3,(H,23,24)/t16-/m0/s1. The molecule has 1 aliphatic heterocycles. The molecule has 3 heterocycles. The number of aryl methyl sites for hydroxylation is 2. The van der Waals surface area contributed by atoms with Gasteiger partial charge in [0.05, 0.1) is 5.69 Å². The first-order valence-electron chi connectivity index (χ1n) is 8.12. The van der Waals surface area contributed by atoms with Gasteiger partial charge in [-0.15, -0.1) is 0 Å². The highest BCUT2D eigenvalue weighted by Crippen LogP contribution is 2.28. The van der Waals surface area contributed by atoms with Crippen molar-refractivity contribution in [3.05, 3.63) is 41.3 Å². The molecule has 7 nitrogen and oxygen atoms in total. The summed E-state index contributed by atoms with van der Waals surface area (Å²) in [6, 6.07) is 5.20. The van der Waals surface area contributed by atoms with E-state index < -0.39 is 12.0 Å². The minimum atomic E-state index is -0.819. The SMILES string of the molecule is Cc1nn(C)c(C)c1[C@@H](C(=O)O)N1CCN(c2ccccn2)CC1. The molecule has 1 aliphatic rings. The summed E-state index contributed by atoms with van der Waals surface area (Å²) in [5.41, 5.74) is 2.51. The molecule has 1 saturated heterocycles. The van der Waals surface area contributed by atoms with Crippen molar-refractivity contribution in [2.75, 3.05) is 31.1 Å². The number of carboxylic acids is 1. The van der Waals surface area contributed by atoms with Gasteiger partial charge < -0.3 is 10.0 Å². The average Bonchev–Trinajstić information content (AvgIpc) is 2.83. The molecular formula is C17H23N5O2. The average molecular weight is 329 g/mol. The molecule has 2 aromatic rings. The topological polar surface area (TPSA) is 74.5 Å². The molecule has 0 aromatic carbocycles. The van der Waals surface area contributed by atoms with Crippen molar-refractivity contribution < 1.29 is 9.90 Å². The van der Waals surface area contributed by atoms with Gasteiger partial charge in [0.1, 0.15) is 11.9 Å². The Morgan fingerprint density at radius 2 is 1.92 bits per heavy atom. The van der Waals surface area contributed by atoms with Gasteiger partial charge in [0, 0.05) is 50.7 Å². The van der Waals surface area contributed by atoms with Crippen molar-refractivity contribution in [3.8, 4) is 0 Å². The fraction of sp³-hybridized carbons (Fsp3) is 0.471. The van der Waals surface area contributed by atoms with Gasteiger partial charge in [0.15, 0.2) is 0 Å². The van der Waals surface area contributed by atoms with Crippen molar-refractivity contribution in [2.45, 2.75) is 19.9 Å². The van der Waals surface area contributed by atoms with Crippen LogP contribution in [0.2, 0.25) is 0 Å². The zero-order chi connectivity index (χ0) is 17.3. The fourth-order valence-electron chi connectivity index (χ4n) is 3.40. The molecule has 0 saturated carbocycles. The van der Waals surface area contributed by atoms with Crippen molar-refractivity contribution in [3.63, 3.8) is 0 Å². The van der Waals surface area contributed by atoms with Crippen LogP contribution in [0.15, 0.2) is 24.4 Å². The first kappa shape index (κ1) is 16.4. The second kappa shape index (κ2) is 6.60. The Balaban J connectivity index is 1.79. The van der Waals surface area contributed by atoms with Crippen LogP contribution in [0.1, 0.15) is 23.0 Å². The van der Waals surface area contributed by atoms with Crippen LogP contribution < -0.4 is 4.90 Å². The number of pyridine rings is 1. The summed E-state index contributed by atoms with van der Waals surface area (Å²) >= 11 is 0. The summed E-state index contributed by atoms with van der Waals surface area (Å²) in [6.45, 7) is 6.69. The van der Waals surface area contributed by atoms with Gasteiger partial charge in [-0.2, -0.15) is 5.10 Å². The summed E-state index contributed by atoms with van der Waals surface area (Å²) in [5, 5.41) is 14.2. The second-order valence-corrected chi connectivity index (χ2v) is 6.16. The lowest BCUT2D eigenvalue weighted by atomic mass is 10.0. The van der Waals surface area contributed by atoms with E-state index in [0.29, 0.717) is 13.1 Å². The van der Waals surface area contributed by atoms with Gasteiger partial charge in [-0.05, 0) is 26.0 Å². The van der Waals surface area contributed by atoms with E-state index in [1.807, 2.05) is 44.0 Å². The Bertz CT molecular complexity index is 720. The molecule has 0 spiro atoms. The van der Waals surface area contributed by atoms with Crippen molar-refractivity contribution in [1.82, 2.24) is 19.7 Å². The van der Waals surface area contributed by atoms with Gasteiger partial charge >= 0.3 is 5.97 Å². The monoisotopic (exact) mass is 329 g/mol. The van der Waals surface area contributed by atoms with E-state index in [-0.39, 0.29) is 0 Å². The smallest absolute Gasteiger partial charge is 0.325 e. The Morgan fingerprint density at radius 1 is 1.21 bits per heavy atom. The normalized spacial score (nSPS) is 17.0. The molecule has 3 rings (SSSR count). The maximum Gasteiger partial charge on any atom is 0.325 e. The van der Waals surface area contributed by atoms with Crippen LogP contribution in [0, 0.1) is 13.8 Å². The number of rotatable bonds is 4. The molecule has 0 unspecified atom stereocenters. The number of carbonyl (C=O) groups is 1. The minimum absolute atomic E-state index is 0.649. The molecule has 1 N–H and O–H groups in total. The Kier molecular flexibility index (Phi) is 4.53. The van der Waals surface area contributed by atoms with E-state index in [2.05, 4.69) is 15.0 Å². The summed E-state index contributed by atoms with van der Waals surface area (Å²) in [4.78, 5) is 20.6. The third-order valence-electron chi connectivity index (χ3n) is 4.73. The number of hydrogen-bond donors (Lipinski definition) is 1. The first-order valence-corrected chi connectivity index (χ1v) is 8.12. The molecule has 0 amide bonds. The van der Waals surface area contributed by atoms with Crippen molar-refractivity contribution in [1.29, 1.82) is 0 Å². The maximum absolute atomic E-state index is 12.0. The van der Waals surface area contributed by atoms with E-state index in [1.54, 1.807) is 10.9 Å². The van der Waals surface area contributed by atoms with E-state index in [0.717, 1.165) is 35.9 Å². The summed E-state index contributed by atoms with van der Waals surface area (Å²) in [6.07, 6.45) is 1.78. The number of piperazine rings is 1. The molecular weight excluding hydrogens is 306 g/mol. The number of nitrogens with zero attached hydrogens (tertiary/aromatic N) is 5. The second-order valence-electron chi connectivity index (χ2n) is 6.16. The summed E-state index contributed by atoms with van der Waals surface area (Å²) in [5.74, 6) is 0.123. The molecule has 128 valence electrons. The molecule has 24 heavy (non-hydrogen) atoms. The van der Waals surface area contributed by atoms with Gasteiger partial charge in [-0.3, -0.25) is 14.4 Å². The molecule has 0 radical (unpaired) electrons. The fourth-order valence-corrected chi connectivity index (χ4v) is 3.40. The maximum atomic E-state index is 12.0. The van der Waals surface area contributed by atoms with Crippen LogP contribution in [0.5, 0.6) is 0 Å². The molecule has 1 atom stereocenters. The van der Waals surface area contributed by atoms with E-state index in [4.69, 9.17) is 0 Å². The van der Waals surface area contributed by atoms with Gasteiger partial charge in [-0.1, -0.05) is 6.07 Å². The van der Waals surface area contributed by atoms with E-state index in [1.165, 1.54) is 0 Å². The molecule has 1 fully saturated rings. The van der Waals surface area contributed by atoms with Crippen molar-refractivity contribution in [2.24, 2.45) is 7.05 Å². The highest BCUT2D eigenvalue weighted by atomic mass is 16.4. The summed E-state index contributed by atoms with van der Waals surface area (Å²) < 4.78 is 1.75. The zero-order valence-electron chi connectivity index (χ0n) is 14.3. The van der Waals surface area contributed by atoms with Crippen molar-refractivity contribution >= 4 is 11.8 Å². The van der Waals surface area contributed by atoms with Crippen LogP contribution in [-0.4, -0.2) is 56.9 Å². The van der Waals surface area contributed by atoms with Crippen LogP contribution in [0.3, 0.4) is 0 Å². The Hall–Kier alpha value is -2.41. The predicted octanol–water partition coefficient (Wildman–Crippen LogP) is 1.38. The van der Waals surface area contributed by atoms with E-state index in [9.17, 15) is 9.90 Å². The van der Waals surface area contributed by atoms with Crippen LogP contribution >= 0.6 is 0 Å². The third kappa shape index (κ3) is 2.99. The molecule has 2 aromatic heterocycles. The lowest BCUT2D eigenvalue weighted by Crippen LogP contribution is -2.49. The quantitative estimate of drug-likeness (QED) is 0.913.